The van der Waals surface area contributed by atoms with E-state index in [4.69, 9.17) is 0 Å². The van der Waals surface area contributed by atoms with Crippen LogP contribution in [0.25, 0.3) is 0 Å². The van der Waals surface area contributed by atoms with Crippen LogP contribution in [-0.2, 0) is 16.6 Å². The Bertz CT molecular complexity index is 415. The molecule has 0 spiro atoms. The minimum absolute atomic E-state index is 0.150. The van der Waals surface area contributed by atoms with Gasteiger partial charge in [0.05, 0.1) is 7.11 Å². The Balaban J connectivity index is 2.35. The second-order valence-electron chi connectivity index (χ2n) is 3.59. The number of nitrogens with one attached hydrogen (secondary N) is 1. The monoisotopic (exact) mass is 302 g/mol. The van der Waals surface area contributed by atoms with Gasteiger partial charge < -0.3 is 14.6 Å². The second-order valence-corrected chi connectivity index (χ2v) is 4.51. The third kappa shape index (κ3) is 4.22. The van der Waals surface area contributed by atoms with E-state index in [9.17, 15) is 9.59 Å². The number of halogens is 1. The van der Waals surface area contributed by atoms with Crippen LogP contribution >= 0.6 is 15.9 Å². The number of aryl methyl sites for hydroxylation is 1. The van der Waals surface area contributed by atoms with E-state index in [-0.39, 0.29) is 11.9 Å². The van der Waals surface area contributed by atoms with Crippen LogP contribution in [-0.4, -0.2) is 30.1 Å². The summed E-state index contributed by atoms with van der Waals surface area (Å²) < 4.78 is 7.10. The van der Waals surface area contributed by atoms with Crippen molar-refractivity contribution in [2.75, 3.05) is 13.7 Å². The van der Waals surface area contributed by atoms with Crippen LogP contribution in [0.5, 0.6) is 0 Å². The van der Waals surface area contributed by atoms with E-state index in [2.05, 4.69) is 26.0 Å². The Morgan fingerprint density at radius 1 is 1.53 bits per heavy atom. The van der Waals surface area contributed by atoms with Crippen molar-refractivity contribution in [3.05, 3.63) is 22.4 Å². The third-order valence-corrected chi connectivity index (χ3v) is 2.71. The van der Waals surface area contributed by atoms with Gasteiger partial charge in [-0.05, 0) is 28.4 Å². The molecule has 1 heterocycles. The first kappa shape index (κ1) is 13.8. The van der Waals surface area contributed by atoms with Crippen LogP contribution in [0, 0.1) is 0 Å². The molecule has 5 nitrogen and oxygen atoms in total. The number of methoxy groups -OCH3 is 1. The lowest BCUT2D eigenvalue weighted by Crippen LogP contribution is -2.26. The summed E-state index contributed by atoms with van der Waals surface area (Å²) in [5.74, 6) is -0.413. The average Bonchev–Trinajstić information content (AvgIpc) is 2.63. The number of esters is 1. The summed E-state index contributed by atoms with van der Waals surface area (Å²) in [6, 6.07) is 1.75. The molecule has 0 fully saturated rings. The highest BCUT2D eigenvalue weighted by molar-refractivity contribution is 9.10. The Labute approximate surface area is 108 Å². The number of carbonyl (C=O) groups is 2. The molecule has 1 rings (SSSR count). The number of nitrogens with zero attached hydrogens (tertiary/aromatic N) is 1. The lowest BCUT2D eigenvalue weighted by Gasteiger charge is -2.05. The van der Waals surface area contributed by atoms with E-state index < -0.39 is 0 Å². The molecule has 1 aromatic heterocycles. The lowest BCUT2D eigenvalue weighted by molar-refractivity contribution is -0.140. The Morgan fingerprint density at radius 3 is 2.76 bits per heavy atom. The molecular weight excluding hydrogens is 288 g/mol. The SMILES string of the molecule is COC(=O)CCCNC(=O)c1cc(Br)cn1C. The fraction of sp³-hybridized carbons (Fsp3) is 0.455. The maximum Gasteiger partial charge on any atom is 0.305 e. The Kier molecular flexibility index (Phi) is 5.21. The maximum absolute atomic E-state index is 11.7. The summed E-state index contributed by atoms with van der Waals surface area (Å²) in [4.78, 5) is 22.6. The Hall–Kier alpha value is -1.30. The number of aromatic nitrogens is 1. The van der Waals surface area contributed by atoms with E-state index in [0.717, 1.165) is 4.47 Å². The van der Waals surface area contributed by atoms with E-state index in [1.54, 1.807) is 17.7 Å². The van der Waals surface area contributed by atoms with Gasteiger partial charge >= 0.3 is 5.97 Å². The van der Waals surface area contributed by atoms with Crippen molar-refractivity contribution >= 4 is 27.8 Å². The van der Waals surface area contributed by atoms with Crippen molar-refractivity contribution in [1.82, 2.24) is 9.88 Å². The average molecular weight is 303 g/mol. The quantitative estimate of drug-likeness (QED) is 0.662. The van der Waals surface area contributed by atoms with Crippen LogP contribution in [0.15, 0.2) is 16.7 Å². The van der Waals surface area contributed by atoms with E-state index in [1.165, 1.54) is 7.11 Å². The fourth-order valence-corrected chi connectivity index (χ4v) is 1.90. The van der Waals surface area contributed by atoms with Crippen molar-refractivity contribution < 1.29 is 14.3 Å². The van der Waals surface area contributed by atoms with Gasteiger partial charge in [0.2, 0.25) is 0 Å². The van der Waals surface area contributed by atoms with Crippen LogP contribution in [0.1, 0.15) is 23.3 Å². The molecule has 0 aromatic carbocycles. The number of rotatable bonds is 5. The molecule has 1 N–H and O–H groups in total. The largest absolute Gasteiger partial charge is 0.469 e. The van der Waals surface area contributed by atoms with Crippen LogP contribution in [0.2, 0.25) is 0 Å². The number of ether oxygens (including phenoxy) is 1. The zero-order valence-corrected chi connectivity index (χ0v) is 11.4. The van der Waals surface area contributed by atoms with Crippen LogP contribution < -0.4 is 5.32 Å². The molecule has 0 atom stereocenters. The van der Waals surface area contributed by atoms with E-state index in [1.807, 2.05) is 6.20 Å². The molecule has 1 amide bonds. The maximum atomic E-state index is 11.7. The van der Waals surface area contributed by atoms with Gasteiger partial charge in [0.15, 0.2) is 0 Å². The summed E-state index contributed by atoms with van der Waals surface area (Å²) in [5.41, 5.74) is 0.579. The first-order valence-electron chi connectivity index (χ1n) is 5.21. The van der Waals surface area contributed by atoms with Crippen molar-refractivity contribution in [3.8, 4) is 0 Å². The van der Waals surface area contributed by atoms with Crippen molar-refractivity contribution in [2.24, 2.45) is 7.05 Å². The summed E-state index contributed by atoms with van der Waals surface area (Å²) in [6.45, 7) is 0.455. The van der Waals surface area contributed by atoms with Gasteiger partial charge in [0.1, 0.15) is 5.69 Å². The number of hydrogen-bond donors (Lipinski definition) is 1. The van der Waals surface area contributed by atoms with Gasteiger partial charge in [-0.25, -0.2) is 0 Å². The molecule has 0 saturated carbocycles. The summed E-state index contributed by atoms with van der Waals surface area (Å²) in [5, 5.41) is 2.74. The van der Waals surface area contributed by atoms with Gasteiger partial charge in [-0.2, -0.15) is 0 Å². The highest BCUT2D eigenvalue weighted by Gasteiger charge is 2.10. The summed E-state index contributed by atoms with van der Waals surface area (Å²) in [6.07, 6.45) is 2.70. The smallest absolute Gasteiger partial charge is 0.305 e. The van der Waals surface area contributed by atoms with Gasteiger partial charge in [-0.15, -0.1) is 0 Å². The molecule has 0 radical (unpaired) electrons. The highest BCUT2D eigenvalue weighted by Crippen LogP contribution is 2.13. The molecule has 94 valence electrons. The van der Waals surface area contributed by atoms with Gasteiger partial charge in [0.25, 0.3) is 5.91 Å². The Morgan fingerprint density at radius 2 is 2.24 bits per heavy atom. The van der Waals surface area contributed by atoms with E-state index >= 15 is 0 Å². The normalized spacial score (nSPS) is 10.1. The van der Waals surface area contributed by atoms with Gasteiger partial charge in [-0.3, -0.25) is 9.59 Å². The second kappa shape index (κ2) is 6.44. The summed E-state index contributed by atoms with van der Waals surface area (Å²) >= 11 is 3.30. The molecule has 0 saturated heterocycles. The first-order valence-corrected chi connectivity index (χ1v) is 6.00. The molecule has 0 aliphatic heterocycles. The van der Waals surface area contributed by atoms with Crippen LogP contribution in [0.3, 0.4) is 0 Å². The first-order chi connectivity index (χ1) is 8.04. The van der Waals surface area contributed by atoms with Gasteiger partial charge in [-0.1, -0.05) is 0 Å². The van der Waals surface area contributed by atoms with Crippen LogP contribution in [0.4, 0.5) is 0 Å². The van der Waals surface area contributed by atoms with E-state index in [0.29, 0.717) is 25.1 Å². The molecule has 6 heteroatoms. The zero-order chi connectivity index (χ0) is 12.8. The fourth-order valence-electron chi connectivity index (χ4n) is 1.38. The lowest BCUT2D eigenvalue weighted by atomic mass is 10.3. The minimum Gasteiger partial charge on any atom is -0.469 e. The molecule has 0 bridgehead atoms. The standard InChI is InChI=1S/C11H15BrN2O3/c1-14-7-8(12)6-9(14)11(16)13-5-3-4-10(15)17-2/h6-7H,3-5H2,1-2H3,(H,13,16). The summed E-state index contributed by atoms with van der Waals surface area (Å²) in [7, 11) is 3.15. The van der Waals surface area contributed by atoms with Crippen molar-refractivity contribution in [1.29, 1.82) is 0 Å². The number of amides is 1. The topological polar surface area (TPSA) is 60.3 Å². The highest BCUT2D eigenvalue weighted by atomic mass is 79.9. The number of hydrogen-bond acceptors (Lipinski definition) is 3. The minimum atomic E-state index is -0.263. The van der Waals surface area contributed by atoms with Crippen molar-refractivity contribution in [3.63, 3.8) is 0 Å². The predicted octanol–water partition coefficient (Wildman–Crippen LogP) is 1.47. The van der Waals surface area contributed by atoms with Gasteiger partial charge in [0, 0.05) is 30.7 Å². The third-order valence-electron chi connectivity index (χ3n) is 2.28. The molecule has 1 aromatic rings. The molecule has 0 unspecified atom stereocenters. The zero-order valence-electron chi connectivity index (χ0n) is 9.83. The molecular formula is C11H15BrN2O3. The van der Waals surface area contributed by atoms with Crippen molar-refractivity contribution in [2.45, 2.75) is 12.8 Å². The molecule has 17 heavy (non-hydrogen) atoms. The molecule has 0 aliphatic carbocycles. The predicted molar refractivity (Wildman–Crippen MR) is 66.7 cm³/mol. The number of carbonyl (C=O) groups excluding carboxylic acids is 2. The molecule has 0 aliphatic rings.